The molecule has 1 aliphatic rings. The van der Waals surface area contributed by atoms with E-state index in [0.29, 0.717) is 10.8 Å². The smallest absolute Gasteiger partial charge is 0.244 e. The number of nitrogens with zero attached hydrogens (tertiary/aromatic N) is 2. The highest BCUT2D eigenvalue weighted by atomic mass is 35.5. The molecular formula is C15H25ClN2O2S. The van der Waals surface area contributed by atoms with Crippen molar-refractivity contribution in [3.05, 3.63) is 18.0 Å². The average molecular weight is 333 g/mol. The van der Waals surface area contributed by atoms with Gasteiger partial charge in [0.25, 0.3) is 0 Å². The maximum atomic E-state index is 12.8. The van der Waals surface area contributed by atoms with Gasteiger partial charge in [0, 0.05) is 31.0 Å². The second kappa shape index (κ2) is 6.71. The maximum Gasteiger partial charge on any atom is 0.244 e. The highest BCUT2D eigenvalue weighted by molar-refractivity contribution is 7.89. The largest absolute Gasteiger partial charge is 0.346 e. The standard InChI is InChI=1S/C15H25ClN2O2S/c1-12(2)18-11-15(9-14(18)10-16)21(19,20)17(3)13-7-5-4-6-8-13/h9,11-13H,4-8,10H2,1-3H3. The van der Waals surface area contributed by atoms with Crippen molar-refractivity contribution in [1.29, 1.82) is 0 Å². The van der Waals surface area contributed by atoms with Gasteiger partial charge in [0.05, 0.1) is 5.88 Å². The zero-order valence-corrected chi connectivity index (χ0v) is 14.6. The lowest BCUT2D eigenvalue weighted by Gasteiger charge is -2.30. The van der Waals surface area contributed by atoms with E-state index in [2.05, 4.69) is 0 Å². The van der Waals surface area contributed by atoms with E-state index in [4.69, 9.17) is 11.6 Å². The molecule has 0 aromatic carbocycles. The summed E-state index contributed by atoms with van der Waals surface area (Å²) in [5, 5.41) is 0. The highest BCUT2D eigenvalue weighted by Crippen LogP contribution is 2.28. The van der Waals surface area contributed by atoms with Gasteiger partial charge in [-0.1, -0.05) is 19.3 Å². The van der Waals surface area contributed by atoms with Gasteiger partial charge in [0.2, 0.25) is 10.0 Å². The van der Waals surface area contributed by atoms with E-state index in [9.17, 15) is 8.42 Å². The normalized spacial score (nSPS) is 17.8. The summed E-state index contributed by atoms with van der Waals surface area (Å²) in [6.45, 7) is 4.05. The van der Waals surface area contributed by atoms with Crippen LogP contribution in [0.1, 0.15) is 57.7 Å². The molecule has 6 heteroatoms. The van der Waals surface area contributed by atoms with E-state index in [-0.39, 0.29) is 12.1 Å². The van der Waals surface area contributed by atoms with Crippen LogP contribution >= 0.6 is 11.6 Å². The Kier molecular flexibility index (Phi) is 5.38. The van der Waals surface area contributed by atoms with Crippen LogP contribution in [0, 0.1) is 0 Å². The van der Waals surface area contributed by atoms with Crippen LogP contribution in [0.4, 0.5) is 0 Å². The first-order valence-electron chi connectivity index (χ1n) is 7.62. The molecule has 0 bridgehead atoms. The number of hydrogen-bond acceptors (Lipinski definition) is 2. The van der Waals surface area contributed by atoms with Gasteiger partial charge in [0.15, 0.2) is 0 Å². The first kappa shape index (κ1) is 16.8. The minimum Gasteiger partial charge on any atom is -0.346 e. The van der Waals surface area contributed by atoms with E-state index >= 15 is 0 Å². The molecule has 1 heterocycles. The van der Waals surface area contributed by atoms with Crippen molar-refractivity contribution >= 4 is 21.6 Å². The third kappa shape index (κ3) is 3.46. The second-order valence-corrected chi connectivity index (χ2v) is 8.38. The summed E-state index contributed by atoms with van der Waals surface area (Å²) in [5.41, 5.74) is 0.849. The van der Waals surface area contributed by atoms with Gasteiger partial charge in [0.1, 0.15) is 4.90 Å². The molecule has 0 unspecified atom stereocenters. The Bertz CT molecular complexity index is 574. The molecule has 2 rings (SSSR count). The molecule has 0 aliphatic heterocycles. The molecule has 0 radical (unpaired) electrons. The summed E-state index contributed by atoms with van der Waals surface area (Å²) in [6.07, 6.45) is 7.09. The fourth-order valence-corrected chi connectivity index (χ4v) is 4.72. The first-order chi connectivity index (χ1) is 9.87. The molecule has 21 heavy (non-hydrogen) atoms. The topological polar surface area (TPSA) is 42.3 Å². The zero-order valence-electron chi connectivity index (χ0n) is 13.0. The number of rotatable bonds is 5. The van der Waals surface area contributed by atoms with Crippen LogP contribution < -0.4 is 0 Å². The fourth-order valence-electron chi connectivity index (χ4n) is 3.03. The molecule has 1 aromatic rings. The van der Waals surface area contributed by atoms with Gasteiger partial charge >= 0.3 is 0 Å². The third-order valence-electron chi connectivity index (χ3n) is 4.37. The Morgan fingerprint density at radius 1 is 1.33 bits per heavy atom. The highest BCUT2D eigenvalue weighted by Gasteiger charge is 2.30. The van der Waals surface area contributed by atoms with Gasteiger partial charge in [-0.05, 0) is 32.8 Å². The second-order valence-electron chi connectivity index (χ2n) is 6.11. The van der Waals surface area contributed by atoms with E-state index in [0.717, 1.165) is 31.4 Å². The molecule has 4 nitrogen and oxygen atoms in total. The molecule has 0 amide bonds. The molecule has 0 atom stereocenters. The van der Waals surface area contributed by atoms with Crippen molar-refractivity contribution in [2.24, 2.45) is 0 Å². The van der Waals surface area contributed by atoms with Crippen molar-refractivity contribution in [1.82, 2.24) is 8.87 Å². The number of hydrogen-bond donors (Lipinski definition) is 0. The van der Waals surface area contributed by atoms with Crippen LogP contribution in [0.25, 0.3) is 0 Å². The van der Waals surface area contributed by atoms with E-state index in [1.54, 1.807) is 23.6 Å². The summed E-state index contributed by atoms with van der Waals surface area (Å²) < 4.78 is 29.1. The van der Waals surface area contributed by atoms with Crippen molar-refractivity contribution in [2.75, 3.05) is 7.05 Å². The SMILES string of the molecule is CC(C)n1cc(S(=O)(=O)N(C)C2CCCCC2)cc1CCl. The zero-order chi connectivity index (χ0) is 15.6. The van der Waals surface area contributed by atoms with E-state index in [1.807, 2.05) is 18.4 Å². The minimum absolute atomic E-state index is 0.130. The van der Waals surface area contributed by atoms with Crippen molar-refractivity contribution in [2.45, 2.75) is 68.8 Å². The van der Waals surface area contributed by atoms with E-state index < -0.39 is 10.0 Å². The van der Waals surface area contributed by atoms with Gasteiger partial charge in [-0.25, -0.2) is 8.42 Å². The summed E-state index contributed by atoms with van der Waals surface area (Å²) in [5.74, 6) is 0.320. The monoisotopic (exact) mass is 332 g/mol. The maximum absolute atomic E-state index is 12.8. The van der Waals surface area contributed by atoms with Crippen molar-refractivity contribution in [3.63, 3.8) is 0 Å². The summed E-state index contributed by atoms with van der Waals surface area (Å²) in [4.78, 5) is 0.361. The lowest BCUT2D eigenvalue weighted by Crippen LogP contribution is -2.38. The van der Waals surface area contributed by atoms with Crippen LogP contribution in [-0.4, -0.2) is 30.4 Å². The summed E-state index contributed by atoms with van der Waals surface area (Å²) >= 11 is 5.94. The van der Waals surface area contributed by atoms with Crippen molar-refractivity contribution in [3.8, 4) is 0 Å². The molecule has 0 saturated heterocycles. The summed E-state index contributed by atoms with van der Waals surface area (Å²) in [6, 6.07) is 2.04. The van der Waals surface area contributed by atoms with Gasteiger partial charge in [-0.3, -0.25) is 0 Å². The molecule has 1 saturated carbocycles. The minimum atomic E-state index is -3.43. The number of halogens is 1. The van der Waals surface area contributed by atoms with Crippen LogP contribution in [-0.2, 0) is 15.9 Å². The third-order valence-corrected chi connectivity index (χ3v) is 6.52. The van der Waals surface area contributed by atoms with Crippen LogP contribution in [0.2, 0.25) is 0 Å². The Hall–Kier alpha value is -0.520. The number of sulfonamides is 1. The fraction of sp³-hybridized carbons (Fsp3) is 0.733. The lowest BCUT2D eigenvalue weighted by atomic mass is 9.96. The molecule has 0 N–H and O–H groups in total. The van der Waals surface area contributed by atoms with Gasteiger partial charge < -0.3 is 4.57 Å². The predicted molar refractivity (Wildman–Crippen MR) is 86.2 cm³/mol. The number of alkyl halides is 1. The molecule has 120 valence electrons. The Morgan fingerprint density at radius 2 is 1.95 bits per heavy atom. The van der Waals surface area contributed by atoms with E-state index in [1.165, 1.54) is 6.42 Å². The first-order valence-corrected chi connectivity index (χ1v) is 9.60. The van der Waals surface area contributed by atoms with Gasteiger partial charge in [-0.15, -0.1) is 11.6 Å². The Labute approximate surface area is 133 Å². The average Bonchev–Trinajstić information content (AvgIpc) is 2.92. The van der Waals surface area contributed by atoms with Gasteiger partial charge in [-0.2, -0.15) is 4.31 Å². The Morgan fingerprint density at radius 3 is 2.43 bits per heavy atom. The lowest BCUT2D eigenvalue weighted by molar-refractivity contribution is 0.286. The number of aromatic nitrogens is 1. The molecule has 0 spiro atoms. The van der Waals surface area contributed by atoms with Crippen LogP contribution in [0.15, 0.2) is 17.2 Å². The molecule has 1 fully saturated rings. The predicted octanol–water partition coefficient (Wildman–Crippen LogP) is 3.76. The van der Waals surface area contributed by atoms with Crippen LogP contribution in [0.3, 0.4) is 0 Å². The Balaban J connectivity index is 2.30. The quantitative estimate of drug-likeness (QED) is 0.770. The molecule has 1 aromatic heterocycles. The molecule has 1 aliphatic carbocycles. The van der Waals surface area contributed by atoms with Crippen LogP contribution in [0.5, 0.6) is 0 Å². The summed E-state index contributed by atoms with van der Waals surface area (Å²) in [7, 11) is -1.72. The van der Waals surface area contributed by atoms with Crippen molar-refractivity contribution < 1.29 is 8.42 Å². The molecular weight excluding hydrogens is 308 g/mol.